The number of ether oxygens (including phenoxy) is 2. The first-order valence-corrected chi connectivity index (χ1v) is 9.75. The van der Waals surface area contributed by atoms with Gasteiger partial charge in [-0.3, -0.25) is 4.79 Å². The molecular weight excluding hydrogens is 354 g/mol. The number of anilines is 1. The van der Waals surface area contributed by atoms with Gasteiger partial charge in [0.1, 0.15) is 11.3 Å². The van der Waals surface area contributed by atoms with Crippen molar-refractivity contribution in [3.05, 3.63) is 48.2 Å². The van der Waals surface area contributed by atoms with Crippen LogP contribution in [0.5, 0.6) is 11.6 Å². The van der Waals surface area contributed by atoms with Crippen LogP contribution in [0.15, 0.2) is 42.6 Å². The first-order valence-electron chi connectivity index (χ1n) is 9.75. The summed E-state index contributed by atoms with van der Waals surface area (Å²) in [5, 5.41) is 2.87. The zero-order valence-corrected chi connectivity index (χ0v) is 17.0. The van der Waals surface area contributed by atoms with Gasteiger partial charge in [-0.05, 0) is 37.1 Å². The second-order valence-corrected chi connectivity index (χ2v) is 7.78. The van der Waals surface area contributed by atoms with Crippen molar-refractivity contribution in [2.24, 2.45) is 11.1 Å². The Kier molecular flexibility index (Phi) is 5.72. The molecule has 1 aromatic heterocycles. The number of carbonyl (C=O) groups is 1. The molecule has 0 spiro atoms. The topological polar surface area (TPSA) is 86.5 Å². The van der Waals surface area contributed by atoms with E-state index in [2.05, 4.69) is 23.3 Å². The fourth-order valence-electron chi connectivity index (χ4n) is 3.53. The minimum Gasteiger partial charge on any atom is -0.439 e. The van der Waals surface area contributed by atoms with E-state index < -0.39 is 11.0 Å². The molecule has 6 nitrogen and oxygen atoms in total. The standard InChI is InChI=1S/C22H29N3O3/c1-5-15-8-7-9-17(12-15)28-19-11-10-16(14-24-19)25-20(26)22(23)13-18(27-6-2)21(22,3)4/h7-12,14,18H,5-6,13,23H2,1-4H3,(H,25,26). The number of hydrogen-bond acceptors (Lipinski definition) is 5. The van der Waals surface area contributed by atoms with Crippen LogP contribution in [-0.2, 0) is 16.0 Å². The van der Waals surface area contributed by atoms with Gasteiger partial charge in [0.15, 0.2) is 0 Å². The van der Waals surface area contributed by atoms with E-state index in [4.69, 9.17) is 15.2 Å². The second-order valence-electron chi connectivity index (χ2n) is 7.78. The Bertz CT molecular complexity index is 835. The van der Waals surface area contributed by atoms with E-state index in [9.17, 15) is 4.79 Å². The number of benzene rings is 1. The highest BCUT2D eigenvalue weighted by molar-refractivity contribution is 5.99. The third-order valence-electron chi connectivity index (χ3n) is 5.76. The van der Waals surface area contributed by atoms with E-state index in [0.29, 0.717) is 24.6 Å². The van der Waals surface area contributed by atoms with Crippen molar-refractivity contribution in [3.8, 4) is 11.6 Å². The molecule has 0 radical (unpaired) electrons. The van der Waals surface area contributed by atoms with Crippen molar-refractivity contribution in [1.29, 1.82) is 0 Å². The maximum atomic E-state index is 12.8. The predicted octanol–water partition coefficient (Wildman–Crippen LogP) is 3.91. The summed E-state index contributed by atoms with van der Waals surface area (Å²) in [6.07, 6.45) is 3.01. The average molecular weight is 383 g/mol. The van der Waals surface area contributed by atoms with Gasteiger partial charge in [-0.1, -0.05) is 32.9 Å². The summed E-state index contributed by atoms with van der Waals surface area (Å²) >= 11 is 0. The van der Waals surface area contributed by atoms with Crippen LogP contribution in [0.2, 0.25) is 0 Å². The van der Waals surface area contributed by atoms with Crippen LogP contribution in [-0.4, -0.2) is 29.1 Å². The number of nitrogens with two attached hydrogens (primary N) is 1. The number of aryl methyl sites for hydroxylation is 1. The maximum Gasteiger partial charge on any atom is 0.245 e. The third-order valence-corrected chi connectivity index (χ3v) is 5.76. The lowest BCUT2D eigenvalue weighted by Gasteiger charge is -2.57. The summed E-state index contributed by atoms with van der Waals surface area (Å²) in [5.41, 5.74) is 6.79. The van der Waals surface area contributed by atoms with Crippen LogP contribution in [0.25, 0.3) is 0 Å². The second kappa shape index (κ2) is 7.89. The van der Waals surface area contributed by atoms with E-state index >= 15 is 0 Å². The Morgan fingerprint density at radius 1 is 1.29 bits per heavy atom. The first kappa shape index (κ1) is 20.3. The van der Waals surface area contributed by atoms with Crippen molar-refractivity contribution in [3.63, 3.8) is 0 Å². The number of hydrogen-bond donors (Lipinski definition) is 2. The Morgan fingerprint density at radius 2 is 2.07 bits per heavy atom. The largest absolute Gasteiger partial charge is 0.439 e. The van der Waals surface area contributed by atoms with Crippen LogP contribution >= 0.6 is 0 Å². The van der Waals surface area contributed by atoms with Gasteiger partial charge >= 0.3 is 0 Å². The Morgan fingerprint density at radius 3 is 2.68 bits per heavy atom. The summed E-state index contributed by atoms with van der Waals surface area (Å²) in [6.45, 7) is 8.59. The third kappa shape index (κ3) is 3.75. The number of nitrogens with zero attached hydrogens (tertiary/aromatic N) is 1. The van der Waals surface area contributed by atoms with Gasteiger partial charge in [-0.15, -0.1) is 0 Å². The molecule has 6 heteroatoms. The van der Waals surface area contributed by atoms with E-state index in [-0.39, 0.29) is 12.0 Å². The fraction of sp³-hybridized carbons (Fsp3) is 0.455. The van der Waals surface area contributed by atoms with Crippen LogP contribution in [0.3, 0.4) is 0 Å². The lowest BCUT2D eigenvalue weighted by atomic mass is 9.54. The quantitative estimate of drug-likeness (QED) is 0.757. The smallest absolute Gasteiger partial charge is 0.245 e. The lowest BCUT2D eigenvalue weighted by Crippen LogP contribution is -2.74. The molecule has 2 aromatic rings. The molecule has 1 saturated carbocycles. The van der Waals surface area contributed by atoms with E-state index in [0.717, 1.165) is 12.2 Å². The molecule has 28 heavy (non-hydrogen) atoms. The highest BCUT2D eigenvalue weighted by atomic mass is 16.5. The van der Waals surface area contributed by atoms with Gasteiger partial charge in [-0.25, -0.2) is 4.98 Å². The Balaban J connectivity index is 1.63. The molecule has 3 rings (SSSR count). The van der Waals surface area contributed by atoms with Gasteiger partial charge in [0.2, 0.25) is 11.8 Å². The zero-order valence-electron chi connectivity index (χ0n) is 17.0. The summed E-state index contributed by atoms with van der Waals surface area (Å²) in [4.78, 5) is 17.1. The molecule has 1 fully saturated rings. The van der Waals surface area contributed by atoms with Crippen molar-refractivity contribution in [1.82, 2.24) is 4.98 Å². The minimum absolute atomic E-state index is 0.0129. The highest BCUT2D eigenvalue weighted by Gasteiger charge is 2.62. The molecule has 0 saturated heterocycles. The summed E-state index contributed by atoms with van der Waals surface area (Å²) in [7, 11) is 0. The van der Waals surface area contributed by atoms with Crippen LogP contribution in [0.1, 0.15) is 39.7 Å². The monoisotopic (exact) mass is 383 g/mol. The van der Waals surface area contributed by atoms with Gasteiger partial charge < -0.3 is 20.5 Å². The van der Waals surface area contributed by atoms with Crippen LogP contribution in [0.4, 0.5) is 5.69 Å². The van der Waals surface area contributed by atoms with Crippen LogP contribution in [0, 0.1) is 5.41 Å². The summed E-state index contributed by atoms with van der Waals surface area (Å²) in [5.74, 6) is 0.983. The van der Waals surface area contributed by atoms with Gasteiger partial charge in [0.25, 0.3) is 0 Å². The van der Waals surface area contributed by atoms with E-state index in [1.54, 1.807) is 18.3 Å². The predicted molar refractivity (Wildman–Crippen MR) is 109 cm³/mol. The van der Waals surface area contributed by atoms with Crippen LogP contribution < -0.4 is 15.8 Å². The average Bonchev–Trinajstić information content (AvgIpc) is 2.69. The summed E-state index contributed by atoms with van der Waals surface area (Å²) < 4.78 is 11.5. The summed E-state index contributed by atoms with van der Waals surface area (Å²) in [6, 6.07) is 11.4. The van der Waals surface area contributed by atoms with Gasteiger partial charge in [0.05, 0.1) is 18.0 Å². The van der Waals surface area contributed by atoms with Crippen molar-refractivity contribution in [2.45, 2.75) is 52.2 Å². The molecule has 1 amide bonds. The maximum absolute atomic E-state index is 12.8. The molecule has 1 heterocycles. The van der Waals surface area contributed by atoms with Crippen molar-refractivity contribution >= 4 is 11.6 Å². The number of pyridine rings is 1. The minimum atomic E-state index is -0.970. The van der Waals surface area contributed by atoms with E-state index in [1.165, 1.54) is 5.56 Å². The molecule has 2 unspecified atom stereocenters. The SMILES string of the molecule is CCOC1CC(N)(C(=O)Nc2ccc(Oc3cccc(CC)c3)nc2)C1(C)C. The van der Waals surface area contributed by atoms with Crippen molar-refractivity contribution in [2.75, 3.05) is 11.9 Å². The lowest BCUT2D eigenvalue weighted by molar-refractivity contribution is -0.166. The van der Waals surface area contributed by atoms with Crippen molar-refractivity contribution < 1.29 is 14.3 Å². The Labute approximate surface area is 166 Å². The van der Waals surface area contributed by atoms with E-state index in [1.807, 2.05) is 39.0 Å². The number of nitrogens with one attached hydrogen (secondary N) is 1. The molecular formula is C22H29N3O3. The van der Waals surface area contributed by atoms with Gasteiger partial charge in [0, 0.05) is 24.5 Å². The molecule has 1 aliphatic carbocycles. The zero-order chi connectivity index (χ0) is 20.4. The molecule has 150 valence electrons. The van der Waals surface area contributed by atoms with Gasteiger partial charge in [-0.2, -0.15) is 0 Å². The first-order chi connectivity index (χ1) is 13.3. The normalized spacial score (nSPS) is 23.0. The fourth-order valence-corrected chi connectivity index (χ4v) is 3.53. The highest BCUT2D eigenvalue weighted by Crippen LogP contribution is 2.50. The number of carbonyl (C=O) groups excluding carboxylic acids is 1. The molecule has 1 aliphatic rings. The number of amides is 1. The molecule has 1 aromatic carbocycles. The molecule has 0 bridgehead atoms. The number of rotatable bonds is 7. The molecule has 2 atom stereocenters. The number of aromatic nitrogens is 1. The Hall–Kier alpha value is -2.44. The molecule has 0 aliphatic heterocycles. The molecule has 3 N–H and O–H groups in total.